The van der Waals surface area contributed by atoms with E-state index in [0.29, 0.717) is 0 Å². The van der Waals surface area contributed by atoms with Crippen LogP contribution in [0.15, 0.2) is 40.6 Å². The first-order valence-corrected chi connectivity index (χ1v) is 3.77. The molecular weight excluding hydrogens is 149 g/mol. The maximum atomic E-state index is 3.94. The Morgan fingerprint density at radius 2 is 2.17 bits per heavy atom. The molecule has 1 N–H and O–H groups in total. The van der Waals surface area contributed by atoms with Crippen molar-refractivity contribution in [2.24, 2.45) is 10.1 Å². The zero-order valence-corrected chi connectivity index (χ0v) is 6.78. The molecule has 2 aromatic rings. The fraction of sp³-hybridized carbons (Fsp3) is 0. The van der Waals surface area contributed by atoms with Gasteiger partial charge in [-0.25, -0.2) is 0 Å². The van der Waals surface area contributed by atoms with Crippen molar-refractivity contribution in [2.45, 2.75) is 0 Å². The lowest BCUT2D eigenvalue weighted by Gasteiger charge is -1.91. The minimum atomic E-state index is 0.882. The molecule has 0 unspecified atom stereocenters. The van der Waals surface area contributed by atoms with Gasteiger partial charge in [-0.1, -0.05) is 6.07 Å². The van der Waals surface area contributed by atoms with Gasteiger partial charge in [-0.15, -0.1) is 0 Å². The van der Waals surface area contributed by atoms with Crippen molar-refractivity contribution in [1.82, 2.24) is 4.98 Å². The van der Waals surface area contributed by atoms with Gasteiger partial charge < -0.3 is 4.98 Å². The molecule has 3 nitrogen and oxygen atoms in total. The monoisotopic (exact) mass is 157 g/mol. The van der Waals surface area contributed by atoms with Crippen molar-refractivity contribution in [3.63, 3.8) is 0 Å². The molecule has 0 aliphatic heterocycles. The Hall–Kier alpha value is -1.58. The third kappa shape index (κ3) is 1.11. The number of aromatic amines is 1. The number of H-pyrrole nitrogens is 1. The molecule has 1 heterocycles. The molecule has 2 rings (SSSR count). The summed E-state index contributed by atoms with van der Waals surface area (Å²) in [5, 5.41) is 8.85. The number of hydrogen-bond acceptors (Lipinski definition) is 2. The first-order chi connectivity index (χ1) is 5.90. The Balaban J connectivity index is 2.60. The smallest absolute Gasteiger partial charge is 0.273 e. The third-order valence-corrected chi connectivity index (χ3v) is 1.75. The molecule has 0 aliphatic rings. The Morgan fingerprint density at radius 3 is 3.00 bits per heavy atom. The van der Waals surface area contributed by atoms with Crippen LogP contribution in [-0.2, 0) is 0 Å². The van der Waals surface area contributed by atoms with E-state index < -0.39 is 0 Å². The minimum absolute atomic E-state index is 0.882. The van der Waals surface area contributed by atoms with E-state index in [1.54, 1.807) is 7.98 Å². The predicted molar refractivity (Wildman–Crippen MR) is 51.4 cm³/mol. The van der Waals surface area contributed by atoms with E-state index >= 15 is 0 Å². The molecule has 58 valence electrons. The van der Waals surface area contributed by atoms with Gasteiger partial charge in [0.15, 0.2) is 0 Å². The van der Waals surface area contributed by atoms with Crippen LogP contribution in [0.4, 0.5) is 5.69 Å². The zero-order chi connectivity index (χ0) is 8.39. The molecule has 0 radical (unpaired) electrons. The van der Waals surface area contributed by atoms with E-state index in [1.807, 2.05) is 30.5 Å². The summed E-state index contributed by atoms with van der Waals surface area (Å²) in [6.45, 7) is 0. The second kappa shape index (κ2) is 2.81. The highest BCUT2D eigenvalue weighted by Gasteiger charge is 1.94. The number of hydrogen-bond donors (Lipinski definition) is 1. The molecule has 4 heteroatoms. The van der Waals surface area contributed by atoms with E-state index in [1.165, 1.54) is 5.39 Å². The molecule has 0 aliphatic carbocycles. The highest BCUT2D eigenvalue weighted by Crippen LogP contribution is 2.19. The van der Waals surface area contributed by atoms with Crippen molar-refractivity contribution >= 4 is 24.6 Å². The summed E-state index contributed by atoms with van der Waals surface area (Å²) in [7, 11) is 1.67. The Kier molecular flexibility index (Phi) is 1.66. The highest BCUT2D eigenvalue weighted by molar-refractivity contribution is 6.05. The topological polar surface area (TPSA) is 40.5 Å². The van der Waals surface area contributed by atoms with Gasteiger partial charge in [0.2, 0.25) is 0 Å². The summed E-state index contributed by atoms with van der Waals surface area (Å²) in [6, 6.07) is 7.98. The molecule has 0 bridgehead atoms. The van der Waals surface area contributed by atoms with E-state index in [9.17, 15) is 0 Å². The molecule has 1 aromatic heterocycles. The Labute approximate surface area is 70.9 Å². The van der Waals surface area contributed by atoms with Gasteiger partial charge in [0.25, 0.3) is 7.98 Å². The predicted octanol–water partition coefficient (Wildman–Crippen LogP) is 1.80. The third-order valence-electron chi connectivity index (χ3n) is 1.75. The average Bonchev–Trinajstić information content (AvgIpc) is 2.51. The van der Waals surface area contributed by atoms with Gasteiger partial charge in [0.1, 0.15) is 0 Å². The molecule has 0 fully saturated rings. The number of rotatable bonds is 1. The second-order valence-electron chi connectivity index (χ2n) is 2.55. The van der Waals surface area contributed by atoms with Gasteiger partial charge in [0.05, 0.1) is 5.69 Å². The number of nitrogens with one attached hydrogen (secondary N) is 1. The maximum absolute atomic E-state index is 3.94. The van der Waals surface area contributed by atoms with Crippen LogP contribution >= 0.6 is 0 Å². The van der Waals surface area contributed by atoms with Crippen LogP contribution in [0, 0.1) is 0 Å². The first kappa shape index (κ1) is 7.09. The summed E-state index contributed by atoms with van der Waals surface area (Å²) in [4.78, 5) is 3.12. The molecular formula is C8H8BN3. The largest absolute Gasteiger partial charge is 0.361 e. The highest BCUT2D eigenvalue weighted by atomic mass is 15.0. The molecule has 0 saturated carbocycles. The SMILES string of the molecule is BN=Nc1ccc2cc[nH]c2c1. The average molecular weight is 157 g/mol. The Morgan fingerprint density at radius 1 is 1.25 bits per heavy atom. The van der Waals surface area contributed by atoms with Gasteiger partial charge in [-0.2, -0.15) is 5.11 Å². The van der Waals surface area contributed by atoms with Crippen molar-refractivity contribution in [1.29, 1.82) is 0 Å². The maximum Gasteiger partial charge on any atom is 0.273 e. The molecule has 12 heavy (non-hydrogen) atoms. The summed E-state index contributed by atoms with van der Waals surface area (Å²) < 4.78 is 0. The molecule has 1 aromatic carbocycles. The van der Waals surface area contributed by atoms with Crippen molar-refractivity contribution in [2.75, 3.05) is 0 Å². The fourth-order valence-electron chi connectivity index (χ4n) is 1.21. The van der Waals surface area contributed by atoms with Gasteiger partial charge in [-0.3, -0.25) is 5.03 Å². The van der Waals surface area contributed by atoms with Crippen LogP contribution in [0.25, 0.3) is 10.9 Å². The number of aromatic nitrogens is 1. The number of nitrogens with zero attached hydrogens (tertiary/aromatic N) is 2. The first-order valence-electron chi connectivity index (χ1n) is 3.77. The van der Waals surface area contributed by atoms with Crippen LogP contribution in [0.2, 0.25) is 0 Å². The van der Waals surface area contributed by atoms with Crippen molar-refractivity contribution in [3.05, 3.63) is 30.5 Å². The van der Waals surface area contributed by atoms with Gasteiger partial charge in [0, 0.05) is 11.7 Å². The summed E-state index contributed by atoms with van der Waals surface area (Å²) in [5.41, 5.74) is 1.98. The van der Waals surface area contributed by atoms with Crippen LogP contribution in [0.5, 0.6) is 0 Å². The standard InChI is InChI=1S/C8H8BN3/c9-12-11-7-2-1-6-3-4-10-8(6)5-7/h1-5,10H,9H2. The molecule has 0 saturated heterocycles. The fourth-order valence-corrected chi connectivity index (χ4v) is 1.21. The van der Waals surface area contributed by atoms with Crippen molar-refractivity contribution < 1.29 is 0 Å². The quantitative estimate of drug-likeness (QED) is 0.484. The van der Waals surface area contributed by atoms with E-state index in [4.69, 9.17) is 0 Å². The van der Waals surface area contributed by atoms with Crippen LogP contribution in [0.1, 0.15) is 0 Å². The van der Waals surface area contributed by atoms with Crippen LogP contribution in [-0.4, -0.2) is 13.0 Å². The number of fused-ring (bicyclic) bond motifs is 1. The summed E-state index contributed by atoms with van der Waals surface area (Å²) >= 11 is 0. The van der Waals surface area contributed by atoms with E-state index in [2.05, 4.69) is 15.1 Å². The Bertz CT molecular complexity index is 419. The molecule has 0 spiro atoms. The number of benzene rings is 1. The summed E-state index contributed by atoms with van der Waals surface area (Å²) in [5.74, 6) is 0. The lowest BCUT2D eigenvalue weighted by Crippen LogP contribution is -1.67. The zero-order valence-electron chi connectivity index (χ0n) is 6.78. The lowest BCUT2D eigenvalue weighted by atomic mass is 10.2. The van der Waals surface area contributed by atoms with E-state index in [0.717, 1.165) is 11.2 Å². The molecule has 0 atom stereocenters. The summed E-state index contributed by atoms with van der Waals surface area (Å²) in [6.07, 6.45) is 1.91. The molecule has 0 amide bonds. The van der Waals surface area contributed by atoms with Crippen LogP contribution in [0.3, 0.4) is 0 Å². The minimum Gasteiger partial charge on any atom is -0.361 e. The lowest BCUT2D eigenvalue weighted by molar-refractivity contribution is 1.33. The van der Waals surface area contributed by atoms with Gasteiger partial charge >= 0.3 is 0 Å². The van der Waals surface area contributed by atoms with Crippen molar-refractivity contribution in [3.8, 4) is 0 Å². The normalized spacial score (nSPS) is 11.3. The van der Waals surface area contributed by atoms with E-state index in [-0.39, 0.29) is 0 Å². The van der Waals surface area contributed by atoms with Crippen LogP contribution < -0.4 is 0 Å². The van der Waals surface area contributed by atoms with Gasteiger partial charge in [-0.05, 0) is 23.6 Å². The second-order valence-corrected chi connectivity index (χ2v) is 2.55.